The molecule has 1 nitrogen and oxygen atoms in total. The summed E-state index contributed by atoms with van der Waals surface area (Å²) in [5.74, 6) is -2.32. The van der Waals surface area contributed by atoms with Crippen molar-refractivity contribution in [3.05, 3.63) is 108 Å². The van der Waals surface area contributed by atoms with Crippen LogP contribution in [-0.2, 0) is 0 Å². The Hall–Kier alpha value is -3.79. The van der Waals surface area contributed by atoms with E-state index in [2.05, 4.69) is 6.58 Å². The molecule has 4 heteroatoms. The summed E-state index contributed by atoms with van der Waals surface area (Å²) in [5.41, 5.74) is 4.60. The summed E-state index contributed by atoms with van der Waals surface area (Å²) in [6.45, 7) is 5.63. The van der Waals surface area contributed by atoms with Gasteiger partial charge in [-0.1, -0.05) is 73.3 Å². The first-order valence-electron chi connectivity index (χ1n) is 10.3. The summed E-state index contributed by atoms with van der Waals surface area (Å²) < 4.78 is 48.2. The van der Waals surface area contributed by atoms with Crippen molar-refractivity contribution in [2.24, 2.45) is 0 Å². The third-order valence-electron chi connectivity index (χ3n) is 5.30. The van der Waals surface area contributed by atoms with Crippen LogP contribution in [0.4, 0.5) is 13.2 Å². The molecule has 0 atom stereocenters. The Morgan fingerprint density at radius 3 is 1.75 bits per heavy atom. The van der Waals surface area contributed by atoms with Crippen molar-refractivity contribution in [3.63, 3.8) is 0 Å². The maximum Gasteiger partial charge on any atom is 0.201 e. The number of ether oxygens (including phenoxy) is 1. The Morgan fingerprint density at radius 1 is 0.688 bits per heavy atom. The monoisotopic (exact) mass is 430 g/mol. The quantitative estimate of drug-likeness (QED) is 0.300. The van der Waals surface area contributed by atoms with Gasteiger partial charge in [0.05, 0.1) is 6.61 Å². The molecule has 0 spiro atoms. The predicted octanol–water partition coefficient (Wildman–Crippen LogP) is 8.15. The lowest BCUT2D eigenvalue weighted by atomic mass is 9.97. The van der Waals surface area contributed by atoms with Crippen molar-refractivity contribution in [1.82, 2.24) is 0 Å². The van der Waals surface area contributed by atoms with Crippen molar-refractivity contribution in [2.75, 3.05) is 6.61 Å². The van der Waals surface area contributed by atoms with Gasteiger partial charge in [0.2, 0.25) is 5.82 Å². The molecule has 32 heavy (non-hydrogen) atoms. The Balaban J connectivity index is 1.59. The zero-order chi connectivity index (χ0) is 22.7. The molecule has 4 rings (SSSR count). The number of hydrogen-bond acceptors (Lipinski definition) is 1. The van der Waals surface area contributed by atoms with Gasteiger partial charge in [-0.2, -0.15) is 4.39 Å². The molecule has 0 aromatic heterocycles. The van der Waals surface area contributed by atoms with E-state index in [9.17, 15) is 13.2 Å². The van der Waals surface area contributed by atoms with Gasteiger partial charge in [0.25, 0.3) is 0 Å². The molecule has 160 valence electrons. The molecule has 0 heterocycles. The van der Waals surface area contributed by atoms with Crippen LogP contribution in [0.3, 0.4) is 0 Å². The summed E-state index contributed by atoms with van der Waals surface area (Å²) >= 11 is 0. The summed E-state index contributed by atoms with van der Waals surface area (Å²) in [5, 5.41) is 0. The van der Waals surface area contributed by atoms with E-state index in [1.165, 1.54) is 18.2 Å². The second-order valence-electron chi connectivity index (χ2n) is 7.27. The SMILES string of the molecule is C=Cc1ccc(-c2ccc(-c3ccc(-c4ccc(OCC)c(F)c4F)cc3)cc2)c(F)c1. The Kier molecular flexibility index (Phi) is 6.13. The molecule has 0 unspecified atom stereocenters. The Morgan fingerprint density at radius 2 is 1.22 bits per heavy atom. The normalized spacial score (nSPS) is 10.8. The molecule has 0 fully saturated rings. The van der Waals surface area contributed by atoms with Gasteiger partial charge in [-0.05, 0) is 52.9 Å². The van der Waals surface area contributed by atoms with E-state index in [-0.39, 0.29) is 23.7 Å². The molecule has 0 bridgehead atoms. The van der Waals surface area contributed by atoms with Crippen molar-refractivity contribution >= 4 is 6.08 Å². The van der Waals surface area contributed by atoms with Crippen molar-refractivity contribution in [2.45, 2.75) is 6.92 Å². The van der Waals surface area contributed by atoms with Gasteiger partial charge in [-0.15, -0.1) is 0 Å². The van der Waals surface area contributed by atoms with Crippen molar-refractivity contribution in [3.8, 4) is 39.1 Å². The van der Waals surface area contributed by atoms with Crippen molar-refractivity contribution in [1.29, 1.82) is 0 Å². The van der Waals surface area contributed by atoms with Crippen LogP contribution in [-0.4, -0.2) is 6.61 Å². The van der Waals surface area contributed by atoms with Crippen LogP contribution in [0.15, 0.2) is 85.4 Å². The highest BCUT2D eigenvalue weighted by atomic mass is 19.2. The summed E-state index contributed by atoms with van der Waals surface area (Å²) in [6, 6.07) is 22.7. The minimum Gasteiger partial charge on any atom is -0.491 e. The standard InChI is InChI=1S/C28H21F3O/c1-3-18-5-14-23(25(29)17-18)21-10-6-19(7-11-21)20-8-12-22(13-9-20)24-15-16-26(32-4-2)28(31)27(24)30/h3,5-17H,1,4H2,2H3. The van der Waals surface area contributed by atoms with Crippen LogP contribution in [0, 0.1) is 17.5 Å². The van der Waals surface area contributed by atoms with Crippen LogP contribution in [0.2, 0.25) is 0 Å². The molecule has 0 saturated carbocycles. The third-order valence-corrected chi connectivity index (χ3v) is 5.30. The number of halogens is 3. The van der Waals surface area contributed by atoms with E-state index < -0.39 is 11.6 Å². The zero-order valence-electron chi connectivity index (χ0n) is 17.5. The lowest BCUT2D eigenvalue weighted by Crippen LogP contribution is -1.98. The number of benzene rings is 4. The average molecular weight is 430 g/mol. The lowest BCUT2D eigenvalue weighted by molar-refractivity contribution is 0.314. The van der Waals surface area contributed by atoms with E-state index >= 15 is 0 Å². The van der Waals surface area contributed by atoms with Gasteiger partial charge in [0, 0.05) is 11.1 Å². The summed E-state index contributed by atoms with van der Waals surface area (Å²) in [4.78, 5) is 0. The molecule has 0 saturated heterocycles. The van der Waals surface area contributed by atoms with E-state index in [1.54, 1.807) is 31.2 Å². The molecule has 0 amide bonds. The minimum absolute atomic E-state index is 0.0963. The third kappa shape index (κ3) is 4.17. The molecular weight excluding hydrogens is 409 g/mol. The first-order chi connectivity index (χ1) is 15.5. The fourth-order valence-corrected chi connectivity index (χ4v) is 3.60. The molecule has 0 N–H and O–H groups in total. The largest absolute Gasteiger partial charge is 0.491 e. The van der Waals surface area contributed by atoms with E-state index in [1.807, 2.05) is 42.5 Å². The first kappa shape index (κ1) is 21.4. The second kappa shape index (κ2) is 9.15. The first-order valence-corrected chi connectivity index (χ1v) is 10.3. The maximum atomic E-state index is 14.5. The number of hydrogen-bond donors (Lipinski definition) is 0. The molecular formula is C28H21F3O. The van der Waals surface area contributed by atoms with E-state index in [4.69, 9.17) is 4.74 Å². The highest BCUT2D eigenvalue weighted by Crippen LogP contribution is 2.32. The molecule has 4 aromatic carbocycles. The van der Waals surface area contributed by atoms with Crippen LogP contribution in [0.1, 0.15) is 12.5 Å². The topological polar surface area (TPSA) is 9.23 Å². The highest BCUT2D eigenvalue weighted by Gasteiger charge is 2.15. The average Bonchev–Trinajstić information content (AvgIpc) is 2.82. The number of rotatable bonds is 6. The van der Waals surface area contributed by atoms with Crippen LogP contribution >= 0.6 is 0 Å². The molecule has 4 aromatic rings. The molecule has 0 radical (unpaired) electrons. The molecule has 0 aliphatic heterocycles. The van der Waals surface area contributed by atoms with Gasteiger partial charge < -0.3 is 4.74 Å². The molecule has 0 aliphatic carbocycles. The fourth-order valence-electron chi connectivity index (χ4n) is 3.60. The fraction of sp³-hybridized carbons (Fsp3) is 0.0714. The summed E-state index contributed by atoms with van der Waals surface area (Å²) in [6.07, 6.45) is 1.60. The smallest absolute Gasteiger partial charge is 0.201 e. The van der Waals surface area contributed by atoms with Gasteiger partial charge in [-0.3, -0.25) is 0 Å². The van der Waals surface area contributed by atoms with Crippen LogP contribution in [0.5, 0.6) is 5.75 Å². The summed E-state index contributed by atoms with van der Waals surface area (Å²) in [7, 11) is 0. The second-order valence-corrected chi connectivity index (χ2v) is 7.27. The Bertz CT molecular complexity index is 1260. The van der Waals surface area contributed by atoms with Crippen LogP contribution in [0.25, 0.3) is 39.5 Å². The molecule has 0 aliphatic rings. The van der Waals surface area contributed by atoms with E-state index in [0.29, 0.717) is 11.1 Å². The van der Waals surface area contributed by atoms with Gasteiger partial charge in [0.1, 0.15) is 5.82 Å². The highest BCUT2D eigenvalue weighted by molar-refractivity contribution is 5.74. The zero-order valence-corrected chi connectivity index (χ0v) is 17.5. The van der Waals surface area contributed by atoms with Gasteiger partial charge in [-0.25, -0.2) is 8.78 Å². The lowest BCUT2D eigenvalue weighted by Gasteiger charge is -2.10. The Labute approximate surface area is 185 Å². The predicted molar refractivity (Wildman–Crippen MR) is 124 cm³/mol. The van der Waals surface area contributed by atoms with E-state index in [0.717, 1.165) is 22.3 Å². The van der Waals surface area contributed by atoms with Gasteiger partial charge in [0.15, 0.2) is 11.6 Å². The van der Waals surface area contributed by atoms with Crippen molar-refractivity contribution < 1.29 is 17.9 Å². The van der Waals surface area contributed by atoms with Gasteiger partial charge >= 0.3 is 0 Å². The minimum atomic E-state index is -0.989. The maximum absolute atomic E-state index is 14.5. The van der Waals surface area contributed by atoms with Crippen LogP contribution < -0.4 is 4.74 Å².